The fourth-order valence-corrected chi connectivity index (χ4v) is 3.04. The number of nitrogens with one attached hydrogen (secondary N) is 3. The summed E-state index contributed by atoms with van der Waals surface area (Å²) in [7, 11) is 0. The summed E-state index contributed by atoms with van der Waals surface area (Å²) in [4.78, 5) is 38.8. The van der Waals surface area contributed by atoms with E-state index in [-0.39, 0.29) is 6.04 Å². The molecular weight excluding hydrogens is 298 g/mol. The van der Waals surface area contributed by atoms with Crippen molar-refractivity contribution in [2.45, 2.75) is 31.2 Å². The van der Waals surface area contributed by atoms with Gasteiger partial charge < -0.3 is 10.4 Å². The summed E-state index contributed by atoms with van der Waals surface area (Å²) in [6, 6.07) is 10.0. The van der Waals surface area contributed by atoms with Crippen molar-refractivity contribution in [1.82, 2.24) is 15.3 Å². The molecule has 1 aromatic carbocycles. The fourth-order valence-electron chi connectivity index (χ4n) is 3.04. The zero-order chi connectivity index (χ0) is 16.4. The molecule has 4 N–H and O–H groups in total. The standard InChI is InChI=1S/C16H17N3O4/c20-13-12(18-16(23)19-15(13)22)14(21)17-11-7-6-10(8-11)9-4-2-1-3-5-9/h1-5,10-11,20H,6-8H2,(H,17,21)(H2,18,19,22,23)/t10-,11-/m1/s1. The zero-order valence-electron chi connectivity index (χ0n) is 12.3. The normalized spacial score (nSPS) is 20.3. The van der Waals surface area contributed by atoms with E-state index in [0.717, 1.165) is 19.3 Å². The maximum Gasteiger partial charge on any atom is 0.326 e. The number of hydrogen-bond donors (Lipinski definition) is 4. The third kappa shape index (κ3) is 3.18. The number of rotatable bonds is 3. The fraction of sp³-hybridized carbons (Fsp3) is 0.312. The van der Waals surface area contributed by atoms with Crippen LogP contribution in [0.25, 0.3) is 0 Å². The molecule has 1 aliphatic carbocycles. The van der Waals surface area contributed by atoms with E-state index < -0.39 is 28.6 Å². The summed E-state index contributed by atoms with van der Waals surface area (Å²) in [6.45, 7) is 0. The van der Waals surface area contributed by atoms with Gasteiger partial charge in [0.05, 0.1) is 0 Å². The van der Waals surface area contributed by atoms with E-state index in [1.165, 1.54) is 5.56 Å². The molecule has 1 heterocycles. The van der Waals surface area contributed by atoms with Crippen LogP contribution in [-0.2, 0) is 0 Å². The lowest BCUT2D eigenvalue weighted by Gasteiger charge is -2.14. The molecule has 7 nitrogen and oxygen atoms in total. The number of carbonyl (C=O) groups excluding carboxylic acids is 1. The predicted octanol–water partition coefficient (Wildman–Crippen LogP) is 0.835. The molecule has 1 aromatic heterocycles. The van der Waals surface area contributed by atoms with E-state index in [9.17, 15) is 19.5 Å². The van der Waals surface area contributed by atoms with E-state index in [4.69, 9.17) is 0 Å². The largest absolute Gasteiger partial charge is 0.501 e. The molecular formula is C16H17N3O4. The Morgan fingerprint density at radius 2 is 1.87 bits per heavy atom. The highest BCUT2D eigenvalue weighted by Crippen LogP contribution is 2.34. The van der Waals surface area contributed by atoms with E-state index in [0.29, 0.717) is 5.92 Å². The van der Waals surface area contributed by atoms with Gasteiger partial charge in [-0.05, 0) is 30.7 Å². The minimum atomic E-state index is -0.979. The van der Waals surface area contributed by atoms with E-state index >= 15 is 0 Å². The van der Waals surface area contributed by atoms with Crippen LogP contribution in [0.5, 0.6) is 5.75 Å². The van der Waals surface area contributed by atoms with Gasteiger partial charge in [0, 0.05) is 6.04 Å². The highest BCUT2D eigenvalue weighted by atomic mass is 16.3. The molecule has 0 unspecified atom stereocenters. The van der Waals surface area contributed by atoms with Crippen LogP contribution in [-0.4, -0.2) is 27.0 Å². The van der Waals surface area contributed by atoms with Crippen LogP contribution in [0.15, 0.2) is 39.9 Å². The molecule has 1 saturated carbocycles. The van der Waals surface area contributed by atoms with Crippen LogP contribution in [0.4, 0.5) is 0 Å². The molecule has 0 aliphatic heterocycles. The van der Waals surface area contributed by atoms with Gasteiger partial charge in [-0.3, -0.25) is 19.6 Å². The second-order valence-corrected chi connectivity index (χ2v) is 5.72. The van der Waals surface area contributed by atoms with Gasteiger partial charge in [-0.15, -0.1) is 0 Å². The summed E-state index contributed by atoms with van der Waals surface area (Å²) >= 11 is 0. The van der Waals surface area contributed by atoms with Crippen LogP contribution in [0.2, 0.25) is 0 Å². The molecule has 1 fully saturated rings. The van der Waals surface area contributed by atoms with Crippen molar-refractivity contribution in [3.8, 4) is 5.75 Å². The SMILES string of the molecule is O=C(N[C@@H]1CC[C@@H](c2ccccc2)C1)c1[nH]c(=O)[nH]c(=O)c1O. The van der Waals surface area contributed by atoms with Gasteiger partial charge >= 0.3 is 5.69 Å². The first-order valence-electron chi connectivity index (χ1n) is 7.46. The molecule has 3 rings (SSSR count). The van der Waals surface area contributed by atoms with Crippen molar-refractivity contribution >= 4 is 5.91 Å². The average molecular weight is 315 g/mol. The number of H-pyrrole nitrogens is 2. The van der Waals surface area contributed by atoms with Gasteiger partial charge in [0.25, 0.3) is 11.5 Å². The van der Waals surface area contributed by atoms with Crippen molar-refractivity contribution in [1.29, 1.82) is 0 Å². The van der Waals surface area contributed by atoms with E-state index in [1.54, 1.807) is 0 Å². The predicted molar refractivity (Wildman–Crippen MR) is 83.6 cm³/mol. The van der Waals surface area contributed by atoms with Crippen LogP contribution in [0.3, 0.4) is 0 Å². The maximum atomic E-state index is 12.2. The van der Waals surface area contributed by atoms with E-state index in [1.807, 2.05) is 23.2 Å². The molecule has 23 heavy (non-hydrogen) atoms. The molecule has 0 spiro atoms. The molecule has 1 amide bonds. The number of hydrogen-bond acceptors (Lipinski definition) is 4. The summed E-state index contributed by atoms with van der Waals surface area (Å²) in [5.41, 5.74) is -0.974. The van der Waals surface area contributed by atoms with Gasteiger partial charge in [0.1, 0.15) is 0 Å². The van der Waals surface area contributed by atoms with Gasteiger partial charge in [0.2, 0.25) is 5.75 Å². The Morgan fingerprint density at radius 1 is 1.13 bits per heavy atom. The number of aromatic amines is 2. The Bertz CT molecular complexity index is 825. The van der Waals surface area contributed by atoms with Crippen molar-refractivity contribution in [2.75, 3.05) is 0 Å². The smallest absolute Gasteiger partial charge is 0.326 e. The minimum Gasteiger partial charge on any atom is -0.501 e. The van der Waals surface area contributed by atoms with Gasteiger partial charge in [-0.25, -0.2) is 4.79 Å². The summed E-state index contributed by atoms with van der Waals surface area (Å²) in [6.07, 6.45) is 2.54. The molecule has 2 atom stereocenters. The number of amides is 1. The lowest BCUT2D eigenvalue weighted by atomic mass is 9.98. The van der Waals surface area contributed by atoms with Crippen molar-refractivity contribution < 1.29 is 9.90 Å². The number of benzene rings is 1. The average Bonchev–Trinajstić information content (AvgIpc) is 3.00. The number of aromatic hydroxyl groups is 1. The molecule has 2 aromatic rings. The number of carbonyl (C=O) groups is 1. The first kappa shape index (κ1) is 15.1. The van der Waals surface area contributed by atoms with Gasteiger partial charge in [-0.1, -0.05) is 30.3 Å². The molecule has 0 bridgehead atoms. The molecule has 120 valence electrons. The first-order chi connectivity index (χ1) is 11.0. The van der Waals surface area contributed by atoms with Crippen LogP contribution >= 0.6 is 0 Å². The summed E-state index contributed by atoms with van der Waals surface area (Å²) < 4.78 is 0. The Kier molecular flexibility index (Phi) is 4.01. The van der Waals surface area contributed by atoms with Crippen molar-refractivity contribution in [3.05, 3.63) is 62.4 Å². The molecule has 0 saturated heterocycles. The molecule has 1 aliphatic rings. The second-order valence-electron chi connectivity index (χ2n) is 5.72. The highest BCUT2D eigenvalue weighted by Gasteiger charge is 2.28. The van der Waals surface area contributed by atoms with Gasteiger partial charge in [-0.2, -0.15) is 0 Å². The molecule has 7 heteroatoms. The Morgan fingerprint density at radius 3 is 2.61 bits per heavy atom. The van der Waals surface area contributed by atoms with E-state index in [2.05, 4.69) is 22.4 Å². The first-order valence-corrected chi connectivity index (χ1v) is 7.46. The topological polar surface area (TPSA) is 115 Å². The second kappa shape index (κ2) is 6.12. The maximum absolute atomic E-state index is 12.2. The van der Waals surface area contributed by atoms with Crippen LogP contribution in [0.1, 0.15) is 41.2 Å². The zero-order valence-corrected chi connectivity index (χ0v) is 12.3. The quantitative estimate of drug-likeness (QED) is 0.671. The van der Waals surface area contributed by atoms with Crippen LogP contribution < -0.4 is 16.6 Å². The Labute approximate surface area is 131 Å². The van der Waals surface area contributed by atoms with Crippen molar-refractivity contribution in [2.24, 2.45) is 0 Å². The highest BCUT2D eigenvalue weighted by molar-refractivity contribution is 5.94. The van der Waals surface area contributed by atoms with Crippen LogP contribution in [0, 0.1) is 0 Å². The summed E-state index contributed by atoms with van der Waals surface area (Å²) in [5.74, 6) is -1.06. The molecule has 0 radical (unpaired) electrons. The lowest BCUT2D eigenvalue weighted by molar-refractivity contribution is 0.0928. The lowest BCUT2D eigenvalue weighted by Crippen LogP contribution is -2.36. The third-order valence-electron chi connectivity index (χ3n) is 4.18. The van der Waals surface area contributed by atoms with Gasteiger partial charge in [0.15, 0.2) is 5.69 Å². The minimum absolute atomic E-state index is 0.0603. The number of aromatic nitrogens is 2. The van der Waals surface area contributed by atoms with Crippen molar-refractivity contribution in [3.63, 3.8) is 0 Å². The Hall–Kier alpha value is -2.83. The monoisotopic (exact) mass is 315 g/mol. The summed E-state index contributed by atoms with van der Waals surface area (Å²) in [5, 5.41) is 12.4. The Balaban J connectivity index is 1.70. The third-order valence-corrected chi connectivity index (χ3v) is 4.18.